The Morgan fingerprint density at radius 1 is 1.24 bits per heavy atom. The van der Waals surface area contributed by atoms with Gasteiger partial charge in [0.05, 0.1) is 12.6 Å². The predicted molar refractivity (Wildman–Crippen MR) is 127 cm³/mol. The van der Waals surface area contributed by atoms with Gasteiger partial charge in [0.1, 0.15) is 12.1 Å². The Bertz CT molecular complexity index is 1050. The van der Waals surface area contributed by atoms with Gasteiger partial charge in [-0.15, -0.1) is 0 Å². The number of carbonyl (C=O) groups excluding carboxylic acids is 3. The number of H-pyrrole nitrogens is 1. The number of hydrogen-bond donors (Lipinski definition) is 5. The number of likely N-dealkylation sites (tertiary alicyclic amines) is 1. The number of rotatable bonds is 10. The van der Waals surface area contributed by atoms with Crippen LogP contribution in [-0.2, 0) is 25.6 Å². The quantitative estimate of drug-likeness (QED) is 0.344. The molecule has 10 nitrogen and oxygen atoms in total. The Hall–Kier alpha value is -3.40. The van der Waals surface area contributed by atoms with Crippen LogP contribution in [-0.4, -0.2) is 69.9 Å². The minimum absolute atomic E-state index is 0.0949. The van der Waals surface area contributed by atoms with Crippen LogP contribution in [0, 0.1) is 5.92 Å². The topological polar surface area (TPSA) is 158 Å². The molecule has 184 valence electrons. The van der Waals surface area contributed by atoms with Crippen molar-refractivity contribution in [3.8, 4) is 0 Å². The lowest BCUT2D eigenvalue weighted by molar-refractivity contribution is -0.142. The van der Waals surface area contributed by atoms with Gasteiger partial charge in [0, 0.05) is 30.1 Å². The lowest BCUT2D eigenvalue weighted by Crippen LogP contribution is -2.53. The molecule has 3 rings (SSSR count). The van der Waals surface area contributed by atoms with Crippen molar-refractivity contribution < 1.29 is 24.3 Å². The first-order valence-corrected chi connectivity index (χ1v) is 11.6. The van der Waals surface area contributed by atoms with Gasteiger partial charge in [0.2, 0.25) is 17.7 Å². The number of carbonyl (C=O) groups is 4. The maximum atomic E-state index is 12.7. The Morgan fingerprint density at radius 2 is 1.97 bits per heavy atom. The average Bonchev–Trinajstić information content (AvgIpc) is 3.43. The van der Waals surface area contributed by atoms with E-state index in [9.17, 15) is 24.3 Å². The molecule has 0 bridgehead atoms. The number of hydrogen-bond acceptors (Lipinski definition) is 5. The number of aliphatic carboxylic acids is 1. The number of para-hydroxylation sites is 1. The van der Waals surface area contributed by atoms with Crippen LogP contribution in [0.1, 0.15) is 38.7 Å². The summed E-state index contributed by atoms with van der Waals surface area (Å²) in [4.78, 5) is 54.1. The number of nitrogens with two attached hydrogens (primary N) is 1. The fraction of sp³-hybridized carbons (Fsp3) is 0.500. The molecule has 3 amide bonds. The highest BCUT2D eigenvalue weighted by molar-refractivity contribution is 5.93. The standard InChI is InChI=1S/C24H33N5O5/c1-14(2)10-17(25)23(32)29-9-5-8-20(29)22(31)27-13-21(30)28-19(24(33)34)11-15-12-26-18-7-4-3-6-16(15)18/h3-4,6-7,12,14,17,19-20,26H,5,8-11,13,25H2,1-2H3,(H,27,31)(H,28,30)(H,33,34). The largest absolute Gasteiger partial charge is 0.480 e. The highest BCUT2D eigenvalue weighted by atomic mass is 16.4. The summed E-state index contributed by atoms with van der Waals surface area (Å²) >= 11 is 0. The Morgan fingerprint density at radius 3 is 2.68 bits per heavy atom. The Kier molecular flexibility index (Phi) is 8.27. The highest BCUT2D eigenvalue weighted by Gasteiger charge is 2.36. The van der Waals surface area contributed by atoms with Gasteiger partial charge in [-0.1, -0.05) is 32.0 Å². The van der Waals surface area contributed by atoms with Crippen LogP contribution in [0.25, 0.3) is 10.9 Å². The summed E-state index contributed by atoms with van der Waals surface area (Å²) in [6, 6.07) is 4.99. The van der Waals surface area contributed by atoms with E-state index in [2.05, 4.69) is 15.6 Å². The number of aromatic nitrogens is 1. The molecule has 0 aliphatic carbocycles. The first-order valence-electron chi connectivity index (χ1n) is 11.6. The third-order valence-electron chi connectivity index (χ3n) is 6.04. The molecule has 1 aliphatic heterocycles. The first kappa shape index (κ1) is 25.2. The smallest absolute Gasteiger partial charge is 0.326 e. The van der Waals surface area contributed by atoms with E-state index in [0.29, 0.717) is 25.8 Å². The molecular formula is C24H33N5O5. The summed E-state index contributed by atoms with van der Waals surface area (Å²) in [5.74, 6) is -2.24. The van der Waals surface area contributed by atoms with Crippen LogP contribution in [0.3, 0.4) is 0 Å². The van der Waals surface area contributed by atoms with Crippen molar-refractivity contribution in [3.05, 3.63) is 36.0 Å². The maximum Gasteiger partial charge on any atom is 0.326 e. The molecule has 2 heterocycles. The molecule has 2 aromatic rings. The molecule has 1 fully saturated rings. The lowest BCUT2D eigenvalue weighted by atomic mass is 10.0. The highest BCUT2D eigenvalue weighted by Crippen LogP contribution is 2.20. The zero-order chi connectivity index (χ0) is 24.8. The van der Waals surface area contributed by atoms with Gasteiger partial charge in [-0.25, -0.2) is 4.79 Å². The average molecular weight is 472 g/mol. The van der Waals surface area contributed by atoms with Crippen molar-refractivity contribution >= 4 is 34.6 Å². The third-order valence-corrected chi connectivity index (χ3v) is 6.04. The SMILES string of the molecule is CC(C)CC(N)C(=O)N1CCCC1C(=O)NCC(=O)NC(Cc1c[nH]c2ccccc12)C(=O)O. The van der Waals surface area contributed by atoms with Crippen molar-refractivity contribution in [2.24, 2.45) is 11.7 Å². The number of benzene rings is 1. The Balaban J connectivity index is 1.54. The van der Waals surface area contributed by atoms with Crippen LogP contribution >= 0.6 is 0 Å². The van der Waals surface area contributed by atoms with E-state index in [0.717, 1.165) is 16.5 Å². The molecule has 3 atom stereocenters. The van der Waals surface area contributed by atoms with E-state index < -0.39 is 35.9 Å². The van der Waals surface area contributed by atoms with E-state index in [-0.39, 0.29) is 24.8 Å². The van der Waals surface area contributed by atoms with E-state index in [4.69, 9.17) is 5.73 Å². The van der Waals surface area contributed by atoms with Gasteiger partial charge in [-0.3, -0.25) is 14.4 Å². The van der Waals surface area contributed by atoms with Crippen molar-refractivity contribution in [3.63, 3.8) is 0 Å². The second-order valence-corrected chi connectivity index (χ2v) is 9.17. The minimum atomic E-state index is -1.17. The van der Waals surface area contributed by atoms with E-state index >= 15 is 0 Å². The second-order valence-electron chi connectivity index (χ2n) is 9.17. The van der Waals surface area contributed by atoms with Gasteiger partial charge in [0.25, 0.3) is 0 Å². The first-order chi connectivity index (χ1) is 16.2. The summed E-state index contributed by atoms with van der Waals surface area (Å²) < 4.78 is 0. The normalized spacial score (nSPS) is 17.5. The van der Waals surface area contributed by atoms with Gasteiger partial charge in [-0.05, 0) is 36.8 Å². The molecule has 3 unspecified atom stereocenters. The van der Waals surface area contributed by atoms with Gasteiger partial charge in [0.15, 0.2) is 0 Å². The molecule has 10 heteroatoms. The van der Waals surface area contributed by atoms with Gasteiger partial charge >= 0.3 is 5.97 Å². The molecule has 0 saturated carbocycles. The van der Waals surface area contributed by atoms with Crippen molar-refractivity contribution in [1.29, 1.82) is 0 Å². The summed E-state index contributed by atoms with van der Waals surface area (Å²) in [7, 11) is 0. The summed E-state index contributed by atoms with van der Waals surface area (Å²) in [6.45, 7) is 4.01. The molecule has 1 saturated heterocycles. The molecule has 34 heavy (non-hydrogen) atoms. The third kappa shape index (κ3) is 6.13. The molecule has 0 radical (unpaired) electrons. The zero-order valence-corrected chi connectivity index (χ0v) is 19.5. The van der Waals surface area contributed by atoms with Crippen LogP contribution in [0.2, 0.25) is 0 Å². The Labute approximate surface area is 198 Å². The van der Waals surface area contributed by atoms with Crippen molar-refractivity contribution in [2.45, 2.75) is 57.7 Å². The number of carboxylic acids is 1. The fourth-order valence-corrected chi connectivity index (χ4v) is 4.38. The van der Waals surface area contributed by atoms with Crippen molar-refractivity contribution in [1.82, 2.24) is 20.5 Å². The number of carboxylic acid groups (broad SMARTS) is 1. The fourth-order valence-electron chi connectivity index (χ4n) is 4.38. The number of nitrogens with zero attached hydrogens (tertiary/aromatic N) is 1. The number of nitrogens with one attached hydrogen (secondary N) is 3. The van der Waals surface area contributed by atoms with Crippen LogP contribution in [0.4, 0.5) is 0 Å². The predicted octanol–water partition coefficient (Wildman–Crippen LogP) is 0.760. The summed E-state index contributed by atoms with van der Waals surface area (Å²) in [5.41, 5.74) is 7.66. The monoisotopic (exact) mass is 471 g/mol. The van der Waals surface area contributed by atoms with E-state index in [1.165, 1.54) is 4.90 Å². The minimum Gasteiger partial charge on any atom is -0.480 e. The molecule has 1 aromatic heterocycles. The van der Waals surface area contributed by atoms with Crippen LogP contribution in [0.15, 0.2) is 30.5 Å². The molecule has 1 aromatic carbocycles. The molecule has 1 aliphatic rings. The van der Waals surface area contributed by atoms with Gasteiger partial charge in [-0.2, -0.15) is 0 Å². The van der Waals surface area contributed by atoms with Crippen LogP contribution in [0.5, 0.6) is 0 Å². The molecular weight excluding hydrogens is 438 g/mol. The number of aromatic amines is 1. The summed E-state index contributed by atoms with van der Waals surface area (Å²) in [6.07, 6.45) is 3.52. The van der Waals surface area contributed by atoms with Crippen LogP contribution < -0.4 is 16.4 Å². The number of amides is 3. The molecule has 6 N–H and O–H groups in total. The lowest BCUT2D eigenvalue weighted by Gasteiger charge is -2.27. The zero-order valence-electron chi connectivity index (χ0n) is 19.5. The maximum absolute atomic E-state index is 12.7. The van der Waals surface area contributed by atoms with E-state index in [1.807, 2.05) is 38.1 Å². The van der Waals surface area contributed by atoms with E-state index in [1.54, 1.807) is 6.20 Å². The molecule has 0 spiro atoms. The van der Waals surface area contributed by atoms with Gasteiger partial charge < -0.3 is 31.4 Å². The number of fused-ring (bicyclic) bond motifs is 1. The second kappa shape index (κ2) is 11.1. The van der Waals surface area contributed by atoms with Crippen molar-refractivity contribution in [2.75, 3.05) is 13.1 Å². The summed E-state index contributed by atoms with van der Waals surface area (Å²) in [5, 5.41) is 15.5.